The lowest BCUT2D eigenvalue weighted by atomic mass is 10.0. The van der Waals surface area contributed by atoms with Crippen LogP contribution in [0.25, 0.3) is 10.8 Å². The van der Waals surface area contributed by atoms with E-state index < -0.39 is 0 Å². The summed E-state index contributed by atoms with van der Waals surface area (Å²) >= 11 is 5.89. The summed E-state index contributed by atoms with van der Waals surface area (Å²) in [6, 6.07) is 15.0. The van der Waals surface area contributed by atoms with Crippen molar-refractivity contribution >= 4 is 34.8 Å². The average molecular weight is 307 g/mol. The van der Waals surface area contributed by atoms with Crippen LogP contribution in [0.15, 0.2) is 55.0 Å². The second kappa shape index (κ2) is 6.78. The van der Waals surface area contributed by atoms with E-state index in [9.17, 15) is 0 Å². The zero-order chi connectivity index (χ0) is 13.1. The van der Waals surface area contributed by atoms with Gasteiger partial charge in [-0.25, -0.2) is 4.98 Å². The molecule has 3 rings (SSSR count). The SMILES string of the molecule is Cl.ClCc1cncn1CCc1cccc2ccccc12. The fourth-order valence-electron chi connectivity index (χ4n) is 2.41. The second-order valence-corrected chi connectivity index (χ2v) is 4.87. The minimum absolute atomic E-state index is 0. The van der Waals surface area contributed by atoms with Crippen LogP contribution in [0.5, 0.6) is 0 Å². The Bertz CT molecular complexity index is 686. The molecule has 20 heavy (non-hydrogen) atoms. The Morgan fingerprint density at radius 3 is 2.70 bits per heavy atom. The van der Waals surface area contributed by atoms with Gasteiger partial charge in [-0.05, 0) is 22.8 Å². The van der Waals surface area contributed by atoms with Crippen LogP contribution in [0.1, 0.15) is 11.3 Å². The van der Waals surface area contributed by atoms with Crippen LogP contribution in [0, 0.1) is 0 Å². The third-order valence-corrected chi connectivity index (χ3v) is 3.71. The zero-order valence-electron chi connectivity index (χ0n) is 11.0. The van der Waals surface area contributed by atoms with Crippen molar-refractivity contribution in [1.29, 1.82) is 0 Å². The molecule has 0 aliphatic heterocycles. The van der Waals surface area contributed by atoms with Crippen LogP contribution < -0.4 is 0 Å². The summed E-state index contributed by atoms with van der Waals surface area (Å²) in [5.74, 6) is 0.509. The predicted molar refractivity (Wildman–Crippen MR) is 86.7 cm³/mol. The van der Waals surface area contributed by atoms with Crippen LogP contribution in [0.3, 0.4) is 0 Å². The van der Waals surface area contributed by atoms with Crippen LogP contribution in [0.2, 0.25) is 0 Å². The van der Waals surface area contributed by atoms with Gasteiger partial charge in [0.2, 0.25) is 0 Å². The Kier molecular flexibility index (Phi) is 5.05. The minimum atomic E-state index is 0. The molecule has 0 atom stereocenters. The third-order valence-electron chi connectivity index (χ3n) is 3.44. The van der Waals surface area contributed by atoms with Gasteiger partial charge in [0.05, 0.1) is 17.9 Å². The number of hydrogen-bond donors (Lipinski definition) is 0. The number of halogens is 2. The van der Waals surface area contributed by atoms with E-state index in [1.54, 1.807) is 0 Å². The Morgan fingerprint density at radius 2 is 1.85 bits per heavy atom. The summed E-state index contributed by atoms with van der Waals surface area (Å²) in [6.45, 7) is 0.913. The van der Waals surface area contributed by atoms with Crippen molar-refractivity contribution in [2.24, 2.45) is 0 Å². The molecule has 1 heterocycles. The van der Waals surface area contributed by atoms with Crippen molar-refractivity contribution in [1.82, 2.24) is 9.55 Å². The molecule has 0 N–H and O–H groups in total. The van der Waals surface area contributed by atoms with E-state index in [1.165, 1.54) is 16.3 Å². The normalized spacial score (nSPS) is 10.4. The standard InChI is InChI=1S/C16H15ClN2.ClH/c17-10-15-11-18-12-19(15)9-8-14-6-3-5-13-4-1-2-7-16(13)14;/h1-7,11-12H,8-10H2;1H. The molecule has 4 heteroatoms. The zero-order valence-corrected chi connectivity index (χ0v) is 12.6. The van der Waals surface area contributed by atoms with Gasteiger partial charge >= 0.3 is 0 Å². The number of alkyl halides is 1. The highest BCUT2D eigenvalue weighted by molar-refractivity contribution is 6.16. The summed E-state index contributed by atoms with van der Waals surface area (Å²) < 4.78 is 2.12. The van der Waals surface area contributed by atoms with E-state index in [4.69, 9.17) is 11.6 Å². The minimum Gasteiger partial charge on any atom is -0.333 e. The Labute approximate surface area is 129 Å². The number of aryl methyl sites for hydroxylation is 2. The maximum absolute atomic E-state index is 5.89. The lowest BCUT2D eigenvalue weighted by molar-refractivity contribution is 0.677. The number of aromatic nitrogens is 2. The molecule has 0 amide bonds. The van der Waals surface area contributed by atoms with E-state index in [0.29, 0.717) is 5.88 Å². The molecule has 0 aliphatic rings. The molecule has 1 aromatic heterocycles. The lowest BCUT2D eigenvalue weighted by Gasteiger charge is -2.09. The van der Waals surface area contributed by atoms with Gasteiger partial charge in [0.1, 0.15) is 0 Å². The summed E-state index contributed by atoms with van der Waals surface area (Å²) in [7, 11) is 0. The lowest BCUT2D eigenvalue weighted by Crippen LogP contribution is -2.03. The highest BCUT2D eigenvalue weighted by Gasteiger charge is 2.03. The van der Waals surface area contributed by atoms with Gasteiger partial charge in [0, 0.05) is 12.7 Å². The van der Waals surface area contributed by atoms with Gasteiger partial charge < -0.3 is 4.57 Å². The van der Waals surface area contributed by atoms with Crippen molar-refractivity contribution < 1.29 is 0 Å². The quantitative estimate of drug-likeness (QED) is 0.652. The molecule has 0 bridgehead atoms. The molecule has 0 unspecified atom stereocenters. The second-order valence-electron chi connectivity index (χ2n) is 4.60. The number of imidazole rings is 1. The molecule has 2 nitrogen and oxygen atoms in total. The van der Waals surface area contributed by atoms with E-state index in [-0.39, 0.29) is 12.4 Å². The molecular formula is C16H16Cl2N2. The molecule has 0 spiro atoms. The predicted octanol–water partition coefficient (Wildman–Crippen LogP) is 4.44. The van der Waals surface area contributed by atoms with E-state index >= 15 is 0 Å². The number of hydrogen-bond acceptors (Lipinski definition) is 1. The maximum atomic E-state index is 5.89. The molecular weight excluding hydrogens is 291 g/mol. The summed E-state index contributed by atoms with van der Waals surface area (Å²) in [4.78, 5) is 4.15. The van der Waals surface area contributed by atoms with Crippen molar-refractivity contribution in [3.05, 3.63) is 66.2 Å². The molecule has 0 radical (unpaired) electrons. The Morgan fingerprint density at radius 1 is 1.05 bits per heavy atom. The number of fused-ring (bicyclic) bond motifs is 1. The fraction of sp³-hybridized carbons (Fsp3) is 0.188. The molecule has 0 saturated heterocycles. The van der Waals surface area contributed by atoms with Crippen molar-refractivity contribution in [2.45, 2.75) is 18.8 Å². The van der Waals surface area contributed by atoms with Crippen LogP contribution in [-0.4, -0.2) is 9.55 Å². The first kappa shape index (κ1) is 14.9. The van der Waals surface area contributed by atoms with Crippen LogP contribution in [0.4, 0.5) is 0 Å². The van der Waals surface area contributed by atoms with Gasteiger partial charge in [-0.2, -0.15) is 0 Å². The fourth-order valence-corrected chi connectivity index (χ4v) is 2.63. The van der Waals surface area contributed by atoms with E-state index in [0.717, 1.165) is 18.7 Å². The molecule has 0 aliphatic carbocycles. The number of benzene rings is 2. The van der Waals surface area contributed by atoms with Gasteiger partial charge in [-0.1, -0.05) is 42.5 Å². The van der Waals surface area contributed by atoms with E-state index in [2.05, 4.69) is 52.0 Å². The Balaban J connectivity index is 0.00000147. The van der Waals surface area contributed by atoms with E-state index in [1.807, 2.05) is 12.5 Å². The first-order valence-electron chi connectivity index (χ1n) is 6.40. The van der Waals surface area contributed by atoms with Crippen LogP contribution in [-0.2, 0) is 18.8 Å². The number of rotatable bonds is 4. The monoisotopic (exact) mass is 306 g/mol. The smallest absolute Gasteiger partial charge is 0.0948 e. The van der Waals surface area contributed by atoms with Crippen molar-refractivity contribution in [2.75, 3.05) is 0 Å². The highest BCUT2D eigenvalue weighted by atomic mass is 35.5. The third kappa shape index (κ3) is 2.97. The topological polar surface area (TPSA) is 17.8 Å². The molecule has 0 saturated carbocycles. The maximum Gasteiger partial charge on any atom is 0.0948 e. The Hall–Kier alpha value is -1.51. The van der Waals surface area contributed by atoms with Crippen molar-refractivity contribution in [3.8, 4) is 0 Å². The van der Waals surface area contributed by atoms with Gasteiger partial charge in [0.15, 0.2) is 0 Å². The van der Waals surface area contributed by atoms with Crippen molar-refractivity contribution in [3.63, 3.8) is 0 Å². The molecule has 0 fully saturated rings. The van der Waals surface area contributed by atoms with Crippen LogP contribution >= 0.6 is 24.0 Å². The molecule has 3 aromatic rings. The molecule has 104 valence electrons. The van der Waals surface area contributed by atoms with Gasteiger partial charge in [0.25, 0.3) is 0 Å². The highest BCUT2D eigenvalue weighted by Crippen LogP contribution is 2.19. The van der Waals surface area contributed by atoms with Gasteiger partial charge in [-0.3, -0.25) is 0 Å². The summed E-state index contributed by atoms with van der Waals surface area (Å²) in [6.07, 6.45) is 4.67. The largest absolute Gasteiger partial charge is 0.333 e. The first-order chi connectivity index (χ1) is 9.38. The van der Waals surface area contributed by atoms with Gasteiger partial charge in [-0.15, -0.1) is 24.0 Å². The number of nitrogens with zero attached hydrogens (tertiary/aromatic N) is 2. The first-order valence-corrected chi connectivity index (χ1v) is 6.93. The summed E-state index contributed by atoms with van der Waals surface area (Å²) in [5, 5.41) is 2.63. The molecule has 2 aromatic carbocycles. The average Bonchev–Trinajstić information content (AvgIpc) is 2.92. The summed E-state index contributed by atoms with van der Waals surface area (Å²) in [5.41, 5.74) is 2.44.